The molecule has 0 spiro atoms. The Bertz CT molecular complexity index is 1060. The van der Waals surface area contributed by atoms with Gasteiger partial charge in [0.1, 0.15) is 17.7 Å². The Hall–Kier alpha value is -3.16. The molecular formula is C24H26F2N4O2. The third-order valence-electron chi connectivity index (χ3n) is 6.74. The highest BCUT2D eigenvalue weighted by Crippen LogP contribution is 2.33. The van der Waals surface area contributed by atoms with Crippen LogP contribution in [0.25, 0.3) is 0 Å². The average molecular weight is 440 g/mol. The van der Waals surface area contributed by atoms with E-state index in [9.17, 15) is 18.4 Å². The summed E-state index contributed by atoms with van der Waals surface area (Å²) in [4.78, 5) is 28.9. The Labute approximate surface area is 185 Å². The number of anilines is 3. The van der Waals surface area contributed by atoms with Gasteiger partial charge in [-0.3, -0.25) is 9.59 Å². The first-order valence-corrected chi connectivity index (χ1v) is 11.1. The Morgan fingerprint density at radius 1 is 1.19 bits per heavy atom. The van der Waals surface area contributed by atoms with Crippen LogP contribution in [0.5, 0.6) is 0 Å². The molecule has 32 heavy (non-hydrogen) atoms. The molecule has 3 aliphatic heterocycles. The number of nitrogens with zero attached hydrogens (tertiary/aromatic N) is 2. The monoisotopic (exact) mass is 440 g/mol. The maximum Gasteiger partial charge on any atom is 0.247 e. The van der Waals surface area contributed by atoms with Gasteiger partial charge in [0.25, 0.3) is 0 Å². The zero-order chi connectivity index (χ0) is 22.4. The first kappa shape index (κ1) is 20.7. The fraction of sp³-hybridized carbons (Fsp3) is 0.417. The predicted molar refractivity (Wildman–Crippen MR) is 119 cm³/mol. The van der Waals surface area contributed by atoms with E-state index in [1.54, 1.807) is 12.1 Å². The van der Waals surface area contributed by atoms with Gasteiger partial charge in [-0.1, -0.05) is 6.07 Å². The minimum Gasteiger partial charge on any atom is -0.373 e. The summed E-state index contributed by atoms with van der Waals surface area (Å²) in [7, 11) is 0. The van der Waals surface area contributed by atoms with Gasteiger partial charge in [-0.25, -0.2) is 8.78 Å². The van der Waals surface area contributed by atoms with Crippen molar-refractivity contribution in [2.45, 2.75) is 44.7 Å². The van der Waals surface area contributed by atoms with Gasteiger partial charge in [0, 0.05) is 55.1 Å². The first-order valence-electron chi connectivity index (χ1n) is 11.1. The van der Waals surface area contributed by atoms with Crippen molar-refractivity contribution < 1.29 is 18.4 Å². The van der Waals surface area contributed by atoms with Crippen LogP contribution in [0.1, 0.15) is 30.4 Å². The van der Waals surface area contributed by atoms with Crippen LogP contribution in [0.4, 0.5) is 25.8 Å². The number of likely N-dealkylation sites (tertiary alicyclic amines) is 1. The van der Waals surface area contributed by atoms with Crippen LogP contribution >= 0.6 is 0 Å². The lowest BCUT2D eigenvalue weighted by Crippen LogP contribution is -2.38. The molecule has 2 fully saturated rings. The summed E-state index contributed by atoms with van der Waals surface area (Å²) < 4.78 is 28.5. The molecule has 0 aliphatic carbocycles. The molecular weight excluding hydrogens is 414 g/mol. The number of hydrogen-bond donors (Lipinski definition) is 2. The molecule has 2 saturated heterocycles. The molecule has 2 aromatic rings. The van der Waals surface area contributed by atoms with Crippen molar-refractivity contribution >= 4 is 28.9 Å². The summed E-state index contributed by atoms with van der Waals surface area (Å²) in [5.41, 5.74) is 3.08. The number of nitrogens with one attached hydrogen (secondary N) is 2. The van der Waals surface area contributed by atoms with Crippen molar-refractivity contribution in [3.05, 3.63) is 53.1 Å². The van der Waals surface area contributed by atoms with E-state index in [1.165, 1.54) is 18.2 Å². The van der Waals surface area contributed by atoms with Gasteiger partial charge in [0.2, 0.25) is 11.8 Å². The van der Waals surface area contributed by atoms with Crippen LogP contribution in [0.2, 0.25) is 0 Å². The normalized spacial score (nSPS) is 22.3. The second-order valence-corrected chi connectivity index (χ2v) is 8.89. The van der Waals surface area contributed by atoms with Gasteiger partial charge in [-0.2, -0.15) is 0 Å². The van der Waals surface area contributed by atoms with Crippen molar-refractivity contribution in [2.24, 2.45) is 0 Å². The first-order chi connectivity index (χ1) is 15.4. The third-order valence-corrected chi connectivity index (χ3v) is 6.74. The summed E-state index contributed by atoms with van der Waals surface area (Å²) in [6.07, 6.45) is 2.59. The van der Waals surface area contributed by atoms with Crippen LogP contribution in [0.15, 0.2) is 30.3 Å². The molecule has 0 aromatic heterocycles. The highest BCUT2D eigenvalue weighted by Gasteiger charge is 2.34. The van der Waals surface area contributed by atoms with E-state index >= 15 is 0 Å². The molecule has 2 atom stereocenters. The molecule has 1 unspecified atom stereocenters. The van der Waals surface area contributed by atoms with Gasteiger partial charge in [-0.05, 0) is 49.6 Å². The number of benzene rings is 2. The molecule has 8 heteroatoms. The molecule has 2 N–H and O–H groups in total. The van der Waals surface area contributed by atoms with Gasteiger partial charge in [0.05, 0.1) is 6.04 Å². The lowest BCUT2D eigenvalue weighted by Gasteiger charge is -2.25. The second kappa shape index (κ2) is 8.07. The van der Waals surface area contributed by atoms with E-state index in [4.69, 9.17) is 0 Å². The highest BCUT2D eigenvalue weighted by atomic mass is 19.1. The molecule has 6 nitrogen and oxygen atoms in total. The second-order valence-electron chi connectivity index (χ2n) is 8.89. The van der Waals surface area contributed by atoms with E-state index < -0.39 is 11.9 Å². The smallest absolute Gasteiger partial charge is 0.247 e. The zero-order valence-electron chi connectivity index (χ0n) is 18.0. The van der Waals surface area contributed by atoms with E-state index in [-0.39, 0.29) is 30.1 Å². The van der Waals surface area contributed by atoms with Gasteiger partial charge in [0.15, 0.2) is 0 Å². The minimum atomic E-state index is -0.621. The van der Waals surface area contributed by atoms with Gasteiger partial charge >= 0.3 is 0 Å². The Morgan fingerprint density at radius 2 is 2.03 bits per heavy atom. The summed E-state index contributed by atoms with van der Waals surface area (Å²) >= 11 is 0. The molecule has 0 radical (unpaired) electrons. The number of carbonyl (C=O) groups is 2. The molecule has 2 aromatic carbocycles. The number of hydrogen-bond acceptors (Lipinski definition) is 4. The van der Waals surface area contributed by atoms with Crippen LogP contribution in [0, 0.1) is 18.6 Å². The van der Waals surface area contributed by atoms with Crippen LogP contribution in [-0.2, 0) is 16.0 Å². The standard InChI is InChI=1S/C24H26F2N4O2/c1-14-4-5-20(26)19-12-21(28-23(14)19)24(32)27-16-9-15(25)10-18(11-16)29-8-6-17(13-29)30-7-2-3-22(30)31/h4-5,9-11,17,21,28H,2-3,6-8,12-13H2,1H3,(H,27,32)/t17-,21?/m1/s1. The number of rotatable bonds is 4. The Morgan fingerprint density at radius 3 is 2.78 bits per heavy atom. The molecule has 2 amide bonds. The Kier molecular flexibility index (Phi) is 5.23. The van der Waals surface area contributed by atoms with Gasteiger partial charge in [-0.15, -0.1) is 0 Å². The largest absolute Gasteiger partial charge is 0.373 e. The number of carbonyl (C=O) groups excluding carboxylic acids is 2. The van der Waals surface area contributed by atoms with Crippen LogP contribution in [0.3, 0.4) is 0 Å². The molecule has 0 saturated carbocycles. The topological polar surface area (TPSA) is 64.7 Å². The van der Waals surface area contributed by atoms with Crippen molar-refractivity contribution in [1.29, 1.82) is 0 Å². The Balaban J connectivity index is 1.28. The maximum absolute atomic E-state index is 14.4. The maximum atomic E-state index is 14.4. The molecule has 5 rings (SSSR count). The van der Waals surface area contributed by atoms with Crippen molar-refractivity contribution in [1.82, 2.24) is 4.90 Å². The molecule has 0 bridgehead atoms. The van der Waals surface area contributed by atoms with E-state index in [0.29, 0.717) is 35.6 Å². The zero-order valence-corrected chi connectivity index (χ0v) is 18.0. The van der Waals surface area contributed by atoms with Gasteiger partial charge < -0.3 is 20.4 Å². The van der Waals surface area contributed by atoms with E-state index in [1.807, 2.05) is 11.8 Å². The van der Waals surface area contributed by atoms with E-state index in [2.05, 4.69) is 15.5 Å². The number of fused-ring (bicyclic) bond motifs is 1. The number of halogens is 2. The SMILES string of the molecule is Cc1ccc(F)c2c1NC(C(=O)Nc1cc(F)cc(N3CC[C@@H](N4CCCC4=O)C3)c1)C2. The van der Waals surface area contributed by atoms with Crippen molar-refractivity contribution in [3.63, 3.8) is 0 Å². The van der Waals surface area contributed by atoms with Crippen LogP contribution < -0.4 is 15.5 Å². The lowest BCUT2D eigenvalue weighted by atomic mass is 10.1. The highest BCUT2D eigenvalue weighted by molar-refractivity contribution is 5.98. The summed E-state index contributed by atoms with van der Waals surface area (Å²) in [5.74, 6) is -0.913. The quantitative estimate of drug-likeness (QED) is 0.765. The third kappa shape index (κ3) is 3.78. The lowest BCUT2D eigenvalue weighted by molar-refractivity contribution is -0.129. The van der Waals surface area contributed by atoms with Crippen molar-refractivity contribution in [2.75, 3.05) is 35.2 Å². The molecule has 3 aliphatic rings. The minimum absolute atomic E-state index is 0.144. The van der Waals surface area contributed by atoms with Crippen molar-refractivity contribution in [3.8, 4) is 0 Å². The summed E-state index contributed by atoms with van der Waals surface area (Å²) in [5, 5.41) is 5.88. The predicted octanol–water partition coefficient (Wildman–Crippen LogP) is 3.45. The fourth-order valence-electron chi connectivity index (χ4n) is 5.07. The van der Waals surface area contributed by atoms with E-state index in [0.717, 1.165) is 31.5 Å². The van der Waals surface area contributed by atoms with Crippen LogP contribution in [-0.4, -0.2) is 48.4 Å². The molecule has 3 heterocycles. The fourth-order valence-corrected chi connectivity index (χ4v) is 5.07. The number of aryl methyl sites for hydroxylation is 1. The summed E-state index contributed by atoms with van der Waals surface area (Å²) in [6.45, 7) is 4.03. The average Bonchev–Trinajstić information content (AvgIpc) is 3.49. The molecule has 168 valence electrons. The number of amides is 2. The summed E-state index contributed by atoms with van der Waals surface area (Å²) in [6, 6.07) is 7.10.